The molecule has 1 aliphatic rings. The van der Waals surface area contributed by atoms with Crippen LogP contribution in [0.4, 0.5) is 0 Å². The van der Waals surface area contributed by atoms with Gasteiger partial charge in [-0.05, 0) is 116 Å². The minimum Gasteiger partial charge on any atom is -0.545 e. The average molecular weight is 751 g/mol. The van der Waals surface area contributed by atoms with Gasteiger partial charge in [-0.2, -0.15) is 0 Å². The summed E-state index contributed by atoms with van der Waals surface area (Å²) in [6, 6.07) is 0. The molecule has 0 radical (unpaired) electrons. The van der Waals surface area contributed by atoms with E-state index in [4.69, 9.17) is 4.74 Å². The molecule has 1 fully saturated rings. The number of hydrogen-bond donors (Lipinski definition) is 0. The molecular formula is C14H11I4O4-. The van der Waals surface area contributed by atoms with Crippen LogP contribution in [0.2, 0.25) is 0 Å². The third-order valence-corrected chi connectivity index (χ3v) is 10.9. The predicted molar refractivity (Wildman–Crippen MR) is 114 cm³/mol. The molecule has 22 heavy (non-hydrogen) atoms. The Balaban J connectivity index is 2.44. The molecule has 120 valence electrons. The van der Waals surface area contributed by atoms with Gasteiger partial charge >= 0.3 is 5.97 Å². The van der Waals surface area contributed by atoms with Gasteiger partial charge in [0.1, 0.15) is 6.10 Å². The average Bonchev–Trinajstić information content (AvgIpc) is 2.49. The van der Waals surface area contributed by atoms with Crippen LogP contribution in [0.15, 0.2) is 0 Å². The van der Waals surface area contributed by atoms with E-state index in [-0.39, 0.29) is 17.2 Å². The van der Waals surface area contributed by atoms with Gasteiger partial charge in [-0.3, -0.25) is 0 Å². The summed E-state index contributed by atoms with van der Waals surface area (Å²) in [4.78, 5) is 24.1. The van der Waals surface area contributed by atoms with E-state index in [0.717, 1.165) is 39.2 Å². The van der Waals surface area contributed by atoms with Crippen LogP contribution in [-0.2, 0) is 4.74 Å². The Morgan fingerprint density at radius 3 is 1.86 bits per heavy atom. The van der Waals surface area contributed by atoms with Crippen LogP contribution in [0.3, 0.4) is 0 Å². The fourth-order valence-electron chi connectivity index (χ4n) is 2.41. The van der Waals surface area contributed by atoms with Crippen molar-refractivity contribution in [1.82, 2.24) is 0 Å². The highest BCUT2D eigenvalue weighted by Crippen LogP contribution is 2.33. The van der Waals surface area contributed by atoms with Crippen molar-refractivity contribution in [3.63, 3.8) is 0 Å². The van der Waals surface area contributed by atoms with E-state index in [9.17, 15) is 14.7 Å². The van der Waals surface area contributed by atoms with Gasteiger partial charge in [0, 0.05) is 19.8 Å². The molecule has 0 heterocycles. The Labute approximate surface area is 183 Å². The number of aromatic carboxylic acids is 1. The minimum absolute atomic E-state index is 0.0596. The number of hydrogen-bond acceptors (Lipinski definition) is 4. The molecule has 0 aromatic heterocycles. The largest absolute Gasteiger partial charge is 0.545 e. The van der Waals surface area contributed by atoms with Crippen molar-refractivity contribution in [3.05, 3.63) is 25.4 Å². The summed E-state index contributed by atoms with van der Waals surface area (Å²) >= 11 is 8.17. The minimum atomic E-state index is -1.34. The Morgan fingerprint density at radius 1 is 0.864 bits per heavy atom. The van der Waals surface area contributed by atoms with E-state index in [2.05, 4.69) is 45.2 Å². The molecule has 0 unspecified atom stereocenters. The highest BCUT2D eigenvalue weighted by molar-refractivity contribution is 14.1. The summed E-state index contributed by atoms with van der Waals surface area (Å²) in [7, 11) is 0. The zero-order valence-electron chi connectivity index (χ0n) is 11.3. The lowest BCUT2D eigenvalue weighted by atomic mass is 9.97. The topological polar surface area (TPSA) is 66.4 Å². The lowest BCUT2D eigenvalue weighted by Crippen LogP contribution is -2.30. The van der Waals surface area contributed by atoms with Crippen molar-refractivity contribution in [1.29, 1.82) is 0 Å². The van der Waals surface area contributed by atoms with E-state index in [0.29, 0.717) is 7.14 Å². The molecule has 1 saturated carbocycles. The molecule has 0 amide bonds. The molecule has 2 rings (SSSR count). The number of benzene rings is 1. The van der Waals surface area contributed by atoms with Crippen molar-refractivity contribution in [3.8, 4) is 0 Å². The van der Waals surface area contributed by atoms with Gasteiger partial charge in [-0.25, -0.2) is 4.79 Å². The van der Waals surface area contributed by atoms with E-state index >= 15 is 0 Å². The summed E-state index contributed by atoms with van der Waals surface area (Å²) < 4.78 is 8.38. The molecule has 0 N–H and O–H groups in total. The molecule has 4 nitrogen and oxygen atoms in total. The number of esters is 1. The number of carboxylic acids is 1. The standard InChI is InChI=1S/C14H12I4O4/c15-9-7(13(19)20)8(10(16)12(18)11(9)17)14(21)22-6-4-2-1-3-5-6/h6H,1-5H2,(H,19,20)/p-1. The summed E-state index contributed by atoms with van der Waals surface area (Å²) in [5, 5.41) is 11.5. The number of carbonyl (C=O) groups is 2. The van der Waals surface area contributed by atoms with Crippen LogP contribution < -0.4 is 5.11 Å². The fourth-order valence-corrected chi connectivity index (χ4v) is 6.04. The number of halogens is 4. The second-order valence-corrected chi connectivity index (χ2v) is 9.27. The molecule has 1 aliphatic carbocycles. The number of carboxylic acid groups (broad SMARTS) is 1. The zero-order chi connectivity index (χ0) is 16.4. The van der Waals surface area contributed by atoms with Crippen LogP contribution in [0.5, 0.6) is 0 Å². The number of ether oxygens (including phenoxy) is 1. The van der Waals surface area contributed by atoms with Crippen LogP contribution in [-0.4, -0.2) is 18.0 Å². The first kappa shape index (κ1) is 19.4. The first-order valence-electron chi connectivity index (χ1n) is 6.62. The summed E-state index contributed by atoms with van der Waals surface area (Å²) in [6.07, 6.45) is 4.84. The van der Waals surface area contributed by atoms with E-state index in [1.165, 1.54) is 0 Å². The van der Waals surface area contributed by atoms with Gasteiger partial charge in [0.25, 0.3) is 0 Å². The Kier molecular flexibility index (Phi) is 7.45. The van der Waals surface area contributed by atoms with Gasteiger partial charge in [0.05, 0.1) is 11.5 Å². The van der Waals surface area contributed by atoms with Crippen molar-refractivity contribution < 1.29 is 19.4 Å². The Bertz CT molecular complexity index is 624. The van der Waals surface area contributed by atoms with Crippen LogP contribution in [0, 0.1) is 14.3 Å². The first-order valence-corrected chi connectivity index (χ1v) is 10.9. The van der Waals surface area contributed by atoms with Crippen LogP contribution in [0.1, 0.15) is 52.8 Å². The third kappa shape index (κ3) is 4.18. The zero-order valence-corrected chi connectivity index (χ0v) is 19.9. The fraction of sp³-hybridized carbons (Fsp3) is 0.429. The molecular weight excluding hydrogens is 740 g/mol. The van der Waals surface area contributed by atoms with Crippen LogP contribution in [0.25, 0.3) is 0 Å². The van der Waals surface area contributed by atoms with Crippen molar-refractivity contribution in [2.24, 2.45) is 0 Å². The molecule has 0 aliphatic heterocycles. The molecule has 0 bridgehead atoms. The van der Waals surface area contributed by atoms with Crippen LogP contribution >= 0.6 is 90.4 Å². The number of carbonyl (C=O) groups excluding carboxylic acids is 2. The monoisotopic (exact) mass is 751 g/mol. The summed E-state index contributed by atoms with van der Waals surface area (Å²) in [5.74, 6) is -1.89. The van der Waals surface area contributed by atoms with Gasteiger partial charge in [0.2, 0.25) is 0 Å². The summed E-state index contributed by atoms with van der Waals surface area (Å²) in [6.45, 7) is 0. The molecule has 1 aromatic rings. The Morgan fingerprint density at radius 2 is 1.36 bits per heavy atom. The molecule has 0 spiro atoms. The smallest absolute Gasteiger partial charge is 0.340 e. The lowest BCUT2D eigenvalue weighted by molar-refractivity contribution is -0.255. The van der Waals surface area contributed by atoms with Gasteiger partial charge in [0.15, 0.2) is 0 Å². The van der Waals surface area contributed by atoms with Gasteiger partial charge in [-0.1, -0.05) is 6.42 Å². The maximum Gasteiger partial charge on any atom is 0.340 e. The third-order valence-electron chi connectivity index (χ3n) is 3.50. The highest BCUT2D eigenvalue weighted by atomic mass is 127. The molecule has 1 aromatic carbocycles. The first-order chi connectivity index (χ1) is 10.3. The summed E-state index contributed by atoms with van der Waals surface area (Å²) in [5.41, 5.74) is 0.0658. The second-order valence-electron chi connectivity index (χ2n) is 4.96. The maximum atomic E-state index is 12.5. The van der Waals surface area contributed by atoms with Gasteiger partial charge in [-0.15, -0.1) is 0 Å². The number of rotatable bonds is 3. The molecule has 0 saturated heterocycles. The van der Waals surface area contributed by atoms with Crippen molar-refractivity contribution in [2.45, 2.75) is 38.2 Å². The molecule has 8 heteroatoms. The van der Waals surface area contributed by atoms with E-state index in [1.807, 2.05) is 45.2 Å². The SMILES string of the molecule is O=C([O-])c1c(I)c(I)c(I)c(I)c1C(=O)OC1CCCCC1. The normalized spacial score (nSPS) is 15.6. The predicted octanol–water partition coefficient (Wildman–Crippen LogP) is 3.96. The van der Waals surface area contributed by atoms with E-state index in [1.54, 1.807) is 0 Å². The van der Waals surface area contributed by atoms with E-state index < -0.39 is 11.9 Å². The second kappa shape index (κ2) is 8.45. The quantitative estimate of drug-likeness (QED) is 0.203. The van der Waals surface area contributed by atoms with Crippen molar-refractivity contribution in [2.75, 3.05) is 0 Å². The van der Waals surface area contributed by atoms with Crippen molar-refractivity contribution >= 4 is 102 Å². The highest BCUT2D eigenvalue weighted by Gasteiger charge is 2.27. The Hall–Kier alpha value is 1.08. The molecule has 0 atom stereocenters. The lowest BCUT2D eigenvalue weighted by Gasteiger charge is -2.24. The maximum absolute atomic E-state index is 12.5. The van der Waals surface area contributed by atoms with Gasteiger partial charge < -0.3 is 14.6 Å².